The Balaban J connectivity index is 1.82. The highest BCUT2D eigenvalue weighted by Gasteiger charge is 2.25. The van der Waals surface area contributed by atoms with Crippen molar-refractivity contribution < 1.29 is 14.3 Å². The Morgan fingerprint density at radius 3 is 2.88 bits per heavy atom. The molecule has 164 valence electrons. The molecule has 8 heteroatoms. The predicted octanol–water partition coefficient (Wildman–Crippen LogP) is 4.55. The van der Waals surface area contributed by atoms with Gasteiger partial charge in [-0.25, -0.2) is 9.78 Å². The number of fused-ring (bicyclic) bond motifs is 2. The number of hydrogen-bond donors (Lipinski definition) is 0. The SMILES string of the molecule is COC(=O)c1cc(N2CCOC[C@@H]2C)cc2c1nc(C)n2-c1ccnc2c(Cl)cccc12. The number of carbonyl (C=O) groups excluding carboxylic acids is 1. The molecule has 0 radical (unpaired) electrons. The first-order valence-electron chi connectivity index (χ1n) is 10.5. The average Bonchev–Trinajstić information content (AvgIpc) is 3.13. The number of imidazole rings is 1. The summed E-state index contributed by atoms with van der Waals surface area (Å²) in [7, 11) is 1.39. The number of nitrogens with zero attached hydrogens (tertiary/aromatic N) is 4. The second-order valence-electron chi connectivity index (χ2n) is 7.93. The average molecular weight is 451 g/mol. The molecule has 32 heavy (non-hydrogen) atoms. The highest BCUT2D eigenvalue weighted by Crippen LogP contribution is 2.34. The van der Waals surface area contributed by atoms with Crippen LogP contribution in [-0.2, 0) is 9.47 Å². The lowest BCUT2D eigenvalue weighted by molar-refractivity contribution is 0.0602. The largest absolute Gasteiger partial charge is 0.465 e. The molecule has 4 aromatic rings. The summed E-state index contributed by atoms with van der Waals surface area (Å²) in [4.78, 5) is 24.2. The third-order valence-electron chi connectivity index (χ3n) is 5.96. The molecular formula is C24H23ClN4O3. The van der Waals surface area contributed by atoms with Crippen molar-refractivity contribution in [2.45, 2.75) is 19.9 Å². The van der Waals surface area contributed by atoms with Crippen molar-refractivity contribution in [3.63, 3.8) is 0 Å². The smallest absolute Gasteiger partial charge is 0.340 e. The first kappa shape index (κ1) is 20.7. The van der Waals surface area contributed by atoms with Crippen molar-refractivity contribution in [3.05, 3.63) is 59.0 Å². The van der Waals surface area contributed by atoms with Gasteiger partial charge in [-0.2, -0.15) is 0 Å². The van der Waals surface area contributed by atoms with Gasteiger partial charge in [0.1, 0.15) is 11.3 Å². The highest BCUT2D eigenvalue weighted by atomic mass is 35.5. The monoisotopic (exact) mass is 450 g/mol. The first-order chi connectivity index (χ1) is 15.5. The maximum absolute atomic E-state index is 12.7. The van der Waals surface area contributed by atoms with Crippen LogP contribution in [0, 0.1) is 6.92 Å². The topological polar surface area (TPSA) is 69.5 Å². The van der Waals surface area contributed by atoms with Crippen LogP contribution in [0.3, 0.4) is 0 Å². The molecule has 2 aromatic heterocycles. The van der Waals surface area contributed by atoms with Crippen LogP contribution in [0.5, 0.6) is 0 Å². The van der Waals surface area contributed by atoms with Crippen LogP contribution in [-0.4, -0.2) is 53.4 Å². The molecule has 0 bridgehead atoms. The molecule has 0 saturated carbocycles. The summed E-state index contributed by atoms with van der Waals surface area (Å²) in [5.41, 5.74) is 4.43. The lowest BCUT2D eigenvalue weighted by Crippen LogP contribution is -2.43. The van der Waals surface area contributed by atoms with E-state index < -0.39 is 5.97 Å². The van der Waals surface area contributed by atoms with Gasteiger partial charge in [0.05, 0.1) is 47.6 Å². The second kappa shape index (κ2) is 8.07. The summed E-state index contributed by atoms with van der Waals surface area (Å²) < 4.78 is 12.8. The van der Waals surface area contributed by atoms with Crippen LogP contribution in [0.4, 0.5) is 5.69 Å². The fraction of sp³-hybridized carbons (Fsp3) is 0.292. The van der Waals surface area contributed by atoms with Gasteiger partial charge in [0.2, 0.25) is 0 Å². The minimum Gasteiger partial charge on any atom is -0.465 e. The van der Waals surface area contributed by atoms with E-state index in [1.54, 1.807) is 6.20 Å². The molecule has 0 N–H and O–H groups in total. The van der Waals surface area contributed by atoms with Gasteiger partial charge in [-0.05, 0) is 38.1 Å². The van der Waals surface area contributed by atoms with E-state index in [0.717, 1.165) is 40.2 Å². The number of morpholine rings is 1. The maximum Gasteiger partial charge on any atom is 0.340 e. The van der Waals surface area contributed by atoms with Crippen molar-refractivity contribution in [1.29, 1.82) is 0 Å². The summed E-state index contributed by atoms with van der Waals surface area (Å²) >= 11 is 6.41. The number of esters is 1. The molecule has 7 nitrogen and oxygen atoms in total. The molecular weight excluding hydrogens is 428 g/mol. The summed E-state index contributed by atoms with van der Waals surface area (Å²) in [6, 6.07) is 11.8. The number of rotatable bonds is 3. The molecule has 1 aliphatic rings. The zero-order valence-corrected chi connectivity index (χ0v) is 18.9. The van der Waals surface area contributed by atoms with Gasteiger partial charge in [0.15, 0.2) is 0 Å². The van der Waals surface area contributed by atoms with Crippen molar-refractivity contribution in [2.75, 3.05) is 31.8 Å². The van der Waals surface area contributed by atoms with Crippen LogP contribution >= 0.6 is 11.6 Å². The molecule has 3 heterocycles. The number of carbonyl (C=O) groups is 1. The van der Waals surface area contributed by atoms with Crippen LogP contribution in [0.2, 0.25) is 5.02 Å². The number of aryl methyl sites for hydroxylation is 1. The molecule has 2 aromatic carbocycles. The van der Waals surface area contributed by atoms with Gasteiger partial charge in [-0.3, -0.25) is 9.55 Å². The van der Waals surface area contributed by atoms with Gasteiger partial charge in [-0.15, -0.1) is 0 Å². The van der Waals surface area contributed by atoms with Crippen LogP contribution < -0.4 is 4.90 Å². The van der Waals surface area contributed by atoms with E-state index in [0.29, 0.717) is 29.3 Å². The molecule has 0 unspecified atom stereocenters. The summed E-state index contributed by atoms with van der Waals surface area (Å²) in [6.45, 7) is 6.06. The Morgan fingerprint density at radius 1 is 1.25 bits per heavy atom. The van der Waals surface area contributed by atoms with Gasteiger partial charge in [-0.1, -0.05) is 23.7 Å². The standard InChI is InChI=1S/C24H23ClN4O3/c1-14-13-32-10-9-28(14)16-11-18(24(30)31-3)23-21(12-16)29(15(2)27-23)20-7-8-26-22-17(20)5-4-6-19(22)25/h4-8,11-12,14H,9-10,13H2,1-3H3/t14-/m0/s1. The first-order valence-corrected chi connectivity index (χ1v) is 10.9. The zero-order valence-electron chi connectivity index (χ0n) is 18.1. The van der Waals surface area contributed by atoms with Crippen molar-refractivity contribution in [2.24, 2.45) is 0 Å². The van der Waals surface area contributed by atoms with Gasteiger partial charge in [0, 0.05) is 29.9 Å². The van der Waals surface area contributed by atoms with Crippen LogP contribution in [0.1, 0.15) is 23.1 Å². The fourth-order valence-corrected chi connectivity index (χ4v) is 4.67. The van der Waals surface area contributed by atoms with E-state index >= 15 is 0 Å². The number of aromatic nitrogens is 3. The molecule has 0 aliphatic carbocycles. The van der Waals surface area contributed by atoms with E-state index in [2.05, 4.69) is 27.4 Å². The van der Waals surface area contributed by atoms with Gasteiger partial charge >= 0.3 is 5.97 Å². The van der Waals surface area contributed by atoms with Crippen molar-refractivity contribution in [1.82, 2.24) is 14.5 Å². The quantitative estimate of drug-likeness (QED) is 0.426. The maximum atomic E-state index is 12.7. The fourth-order valence-electron chi connectivity index (χ4n) is 4.44. The molecule has 0 amide bonds. The Bertz CT molecular complexity index is 1350. The van der Waals surface area contributed by atoms with Crippen LogP contribution in [0.25, 0.3) is 27.6 Å². The normalized spacial score (nSPS) is 16.6. The molecule has 1 aliphatic heterocycles. The van der Waals surface area contributed by atoms with E-state index in [1.165, 1.54) is 7.11 Å². The summed E-state index contributed by atoms with van der Waals surface area (Å²) in [5, 5.41) is 1.50. The zero-order chi connectivity index (χ0) is 22.4. The Hall–Kier alpha value is -3.16. The van der Waals surface area contributed by atoms with E-state index in [4.69, 9.17) is 26.1 Å². The molecule has 0 spiro atoms. The van der Waals surface area contributed by atoms with E-state index in [1.807, 2.05) is 37.3 Å². The minimum atomic E-state index is -0.412. The number of halogens is 1. The minimum absolute atomic E-state index is 0.185. The number of methoxy groups -OCH3 is 1. The lowest BCUT2D eigenvalue weighted by atomic mass is 10.1. The lowest BCUT2D eigenvalue weighted by Gasteiger charge is -2.35. The number of anilines is 1. The molecule has 1 atom stereocenters. The summed E-state index contributed by atoms with van der Waals surface area (Å²) in [5.74, 6) is 0.342. The predicted molar refractivity (Wildman–Crippen MR) is 125 cm³/mol. The summed E-state index contributed by atoms with van der Waals surface area (Å²) in [6.07, 6.45) is 1.74. The number of benzene rings is 2. The second-order valence-corrected chi connectivity index (χ2v) is 8.34. The Kier molecular flexibility index (Phi) is 5.23. The molecule has 5 rings (SSSR count). The number of pyridine rings is 1. The van der Waals surface area contributed by atoms with Crippen molar-refractivity contribution in [3.8, 4) is 5.69 Å². The Morgan fingerprint density at radius 2 is 2.09 bits per heavy atom. The van der Waals surface area contributed by atoms with Crippen molar-refractivity contribution >= 4 is 45.2 Å². The third kappa shape index (κ3) is 3.29. The number of ether oxygens (including phenoxy) is 2. The third-order valence-corrected chi connectivity index (χ3v) is 6.26. The van der Waals surface area contributed by atoms with E-state index in [9.17, 15) is 4.79 Å². The van der Waals surface area contributed by atoms with Crippen LogP contribution in [0.15, 0.2) is 42.6 Å². The Labute approximate surface area is 190 Å². The van der Waals surface area contributed by atoms with E-state index in [-0.39, 0.29) is 6.04 Å². The number of hydrogen-bond acceptors (Lipinski definition) is 6. The van der Waals surface area contributed by atoms with Gasteiger partial charge < -0.3 is 14.4 Å². The van der Waals surface area contributed by atoms with Gasteiger partial charge in [0.25, 0.3) is 0 Å². The molecule has 1 saturated heterocycles. The number of para-hydroxylation sites is 1. The molecule has 1 fully saturated rings. The highest BCUT2D eigenvalue weighted by molar-refractivity contribution is 6.35.